The average molecular weight is 356 g/mol. The Hall–Kier alpha value is -3.80. The lowest BCUT2D eigenvalue weighted by atomic mass is 10.1. The van der Waals surface area contributed by atoms with Crippen LogP contribution in [0, 0.1) is 0 Å². The fourth-order valence-corrected chi connectivity index (χ4v) is 2.93. The number of hydrogen-bond donors (Lipinski definition) is 1. The Labute approximate surface area is 155 Å². The fraction of sp³-hybridized carbons (Fsp3) is 0.0476. The summed E-state index contributed by atoms with van der Waals surface area (Å²) in [5.74, 6) is 0. The molecule has 2 aromatic carbocycles. The molecule has 6 heteroatoms. The molecular weight excluding hydrogens is 340 g/mol. The topological polar surface area (TPSA) is 75.2 Å². The summed E-state index contributed by atoms with van der Waals surface area (Å²) in [7, 11) is 0. The lowest BCUT2D eigenvalue weighted by Crippen LogP contribution is -2.39. The van der Waals surface area contributed by atoms with Crippen molar-refractivity contribution in [3.8, 4) is 0 Å². The molecule has 0 bridgehead atoms. The van der Waals surface area contributed by atoms with Crippen LogP contribution in [0.3, 0.4) is 0 Å². The molecule has 1 N–H and O–H groups in total. The molecule has 4 aromatic rings. The zero-order chi connectivity index (χ0) is 18.6. The molecule has 132 valence electrons. The Morgan fingerprint density at radius 2 is 1.52 bits per heavy atom. The molecule has 27 heavy (non-hydrogen) atoms. The van der Waals surface area contributed by atoms with Gasteiger partial charge in [-0.15, -0.1) is 0 Å². The van der Waals surface area contributed by atoms with E-state index < -0.39 is 10.9 Å². The molecule has 4 rings (SSSR count). The van der Waals surface area contributed by atoms with Gasteiger partial charge >= 0.3 is 0 Å². The summed E-state index contributed by atoms with van der Waals surface area (Å²) < 4.78 is 0. The summed E-state index contributed by atoms with van der Waals surface area (Å²) in [6, 6.07) is 16.8. The Morgan fingerprint density at radius 3 is 2.22 bits per heavy atom. The number of aromatic nitrogens is 2. The van der Waals surface area contributed by atoms with E-state index in [1.807, 2.05) is 42.5 Å². The van der Waals surface area contributed by atoms with Crippen LogP contribution in [-0.2, 0) is 6.54 Å². The van der Waals surface area contributed by atoms with Crippen LogP contribution in [0.4, 0.5) is 22.7 Å². The molecule has 2 heterocycles. The number of rotatable bonds is 6. The number of para-hydroxylation sites is 1. The van der Waals surface area contributed by atoms with Crippen molar-refractivity contribution in [3.63, 3.8) is 0 Å². The van der Waals surface area contributed by atoms with Crippen molar-refractivity contribution in [1.82, 2.24) is 9.97 Å². The smallest absolute Gasteiger partial charge is 0.254 e. The minimum atomic E-state index is -0.510. The molecule has 0 saturated carbocycles. The highest BCUT2D eigenvalue weighted by atomic mass is 16.2. The van der Waals surface area contributed by atoms with Crippen molar-refractivity contribution < 1.29 is 0 Å². The van der Waals surface area contributed by atoms with E-state index in [-0.39, 0.29) is 0 Å². The van der Waals surface area contributed by atoms with E-state index in [9.17, 15) is 9.59 Å². The SMILES string of the molecule is O=c1c(NCc2cccnc2)c(N(c2ccccc2)c2ccncc2)c1=O. The largest absolute Gasteiger partial charge is 0.376 e. The number of pyridine rings is 2. The van der Waals surface area contributed by atoms with Gasteiger partial charge in [0.1, 0.15) is 11.4 Å². The van der Waals surface area contributed by atoms with Gasteiger partial charge in [-0.05, 0) is 35.9 Å². The van der Waals surface area contributed by atoms with E-state index in [1.165, 1.54) is 0 Å². The van der Waals surface area contributed by atoms with Crippen molar-refractivity contribution in [3.05, 3.63) is 105 Å². The second kappa shape index (κ2) is 7.21. The Balaban J connectivity index is 1.74. The third-order valence-electron chi connectivity index (χ3n) is 4.24. The number of nitrogens with one attached hydrogen (secondary N) is 1. The highest BCUT2D eigenvalue weighted by Gasteiger charge is 2.28. The molecule has 0 fully saturated rings. The number of hydrogen-bond acceptors (Lipinski definition) is 6. The average Bonchev–Trinajstić information content (AvgIpc) is 2.75. The van der Waals surface area contributed by atoms with E-state index in [2.05, 4.69) is 15.3 Å². The van der Waals surface area contributed by atoms with Gasteiger partial charge in [-0.25, -0.2) is 0 Å². The van der Waals surface area contributed by atoms with Crippen LogP contribution in [0.25, 0.3) is 0 Å². The van der Waals surface area contributed by atoms with Gasteiger partial charge in [0.25, 0.3) is 10.9 Å². The molecule has 0 spiro atoms. The first-order chi connectivity index (χ1) is 13.3. The van der Waals surface area contributed by atoms with E-state index in [4.69, 9.17) is 0 Å². The molecular formula is C21H16N4O2. The zero-order valence-electron chi connectivity index (χ0n) is 14.4. The maximum absolute atomic E-state index is 12.5. The molecule has 6 nitrogen and oxygen atoms in total. The number of anilines is 4. The zero-order valence-corrected chi connectivity index (χ0v) is 14.4. The lowest BCUT2D eigenvalue weighted by Gasteiger charge is -2.28. The molecule has 0 saturated heterocycles. The Bertz CT molecular complexity index is 1070. The van der Waals surface area contributed by atoms with Crippen molar-refractivity contribution in [2.24, 2.45) is 0 Å². The van der Waals surface area contributed by atoms with Gasteiger partial charge in [0.05, 0.1) is 0 Å². The second-order valence-corrected chi connectivity index (χ2v) is 5.97. The van der Waals surface area contributed by atoms with Crippen molar-refractivity contribution in [1.29, 1.82) is 0 Å². The summed E-state index contributed by atoms with van der Waals surface area (Å²) in [6.07, 6.45) is 6.71. The predicted octanol–water partition coefficient (Wildman–Crippen LogP) is 3.15. The standard InChI is InChI=1S/C21H16N4O2/c26-20-18(24-14-15-5-4-10-23-13-15)19(21(20)27)25(16-6-2-1-3-7-16)17-8-11-22-12-9-17/h1-13,24H,14H2. The fourth-order valence-electron chi connectivity index (χ4n) is 2.93. The van der Waals surface area contributed by atoms with Crippen LogP contribution in [0.15, 0.2) is 89.0 Å². The minimum Gasteiger partial charge on any atom is -0.376 e. The molecule has 0 amide bonds. The monoisotopic (exact) mass is 356 g/mol. The molecule has 2 aromatic heterocycles. The van der Waals surface area contributed by atoms with E-state index >= 15 is 0 Å². The Kier molecular flexibility index (Phi) is 4.45. The number of nitrogens with zero attached hydrogens (tertiary/aromatic N) is 3. The van der Waals surface area contributed by atoms with E-state index in [0.29, 0.717) is 17.9 Å². The van der Waals surface area contributed by atoms with Gasteiger partial charge in [0, 0.05) is 42.7 Å². The first kappa shape index (κ1) is 16.7. The quantitative estimate of drug-likeness (QED) is 0.535. The summed E-state index contributed by atoms with van der Waals surface area (Å²) >= 11 is 0. The highest BCUT2D eigenvalue weighted by Crippen LogP contribution is 2.36. The molecule has 0 aliphatic rings. The third kappa shape index (κ3) is 3.20. The van der Waals surface area contributed by atoms with Gasteiger partial charge in [-0.1, -0.05) is 24.3 Å². The van der Waals surface area contributed by atoms with E-state index in [1.54, 1.807) is 41.8 Å². The first-order valence-corrected chi connectivity index (χ1v) is 8.47. The van der Waals surface area contributed by atoms with Crippen molar-refractivity contribution in [2.75, 3.05) is 10.2 Å². The Morgan fingerprint density at radius 1 is 0.778 bits per heavy atom. The van der Waals surface area contributed by atoms with Crippen molar-refractivity contribution >= 4 is 22.7 Å². The van der Waals surface area contributed by atoms with Gasteiger partial charge < -0.3 is 10.2 Å². The molecule has 0 radical (unpaired) electrons. The van der Waals surface area contributed by atoms with Crippen molar-refractivity contribution in [2.45, 2.75) is 6.54 Å². The van der Waals surface area contributed by atoms with Crippen LogP contribution >= 0.6 is 0 Å². The summed E-state index contributed by atoms with van der Waals surface area (Å²) in [5.41, 5.74) is 2.10. The van der Waals surface area contributed by atoms with Gasteiger partial charge in [-0.2, -0.15) is 0 Å². The van der Waals surface area contributed by atoms with Crippen LogP contribution in [0.1, 0.15) is 5.56 Å². The van der Waals surface area contributed by atoms with Crippen LogP contribution in [0.5, 0.6) is 0 Å². The summed E-state index contributed by atoms with van der Waals surface area (Å²) in [6.45, 7) is 0.407. The number of benzene rings is 1. The molecule has 0 unspecified atom stereocenters. The predicted molar refractivity (Wildman–Crippen MR) is 105 cm³/mol. The van der Waals surface area contributed by atoms with Gasteiger partial charge in [-0.3, -0.25) is 19.6 Å². The molecule has 0 aliphatic carbocycles. The second-order valence-electron chi connectivity index (χ2n) is 5.97. The summed E-state index contributed by atoms with van der Waals surface area (Å²) in [5, 5.41) is 3.10. The van der Waals surface area contributed by atoms with Gasteiger partial charge in [0.2, 0.25) is 0 Å². The van der Waals surface area contributed by atoms with Crippen LogP contribution < -0.4 is 21.1 Å². The third-order valence-corrected chi connectivity index (χ3v) is 4.24. The maximum atomic E-state index is 12.5. The maximum Gasteiger partial charge on any atom is 0.254 e. The first-order valence-electron chi connectivity index (χ1n) is 8.47. The van der Waals surface area contributed by atoms with Crippen LogP contribution in [-0.4, -0.2) is 9.97 Å². The molecule has 0 aliphatic heterocycles. The summed E-state index contributed by atoms with van der Waals surface area (Å²) in [4.78, 5) is 34.6. The van der Waals surface area contributed by atoms with Gasteiger partial charge in [0.15, 0.2) is 0 Å². The lowest BCUT2D eigenvalue weighted by molar-refractivity contribution is 1.09. The minimum absolute atomic E-state index is 0.310. The normalized spacial score (nSPS) is 10.7. The highest BCUT2D eigenvalue weighted by molar-refractivity contribution is 5.87. The molecule has 0 atom stereocenters. The van der Waals surface area contributed by atoms with Crippen LogP contribution in [0.2, 0.25) is 0 Å². The van der Waals surface area contributed by atoms with E-state index in [0.717, 1.165) is 16.9 Å².